The van der Waals surface area contributed by atoms with E-state index in [4.69, 9.17) is 5.53 Å². The van der Waals surface area contributed by atoms with E-state index >= 15 is 0 Å². The number of hydrogen-bond donors (Lipinski definition) is 0. The van der Waals surface area contributed by atoms with Crippen LogP contribution in [-0.4, -0.2) is 11.5 Å². The summed E-state index contributed by atoms with van der Waals surface area (Å²) in [5.41, 5.74) is 12.0. The van der Waals surface area contributed by atoms with Crippen molar-refractivity contribution in [2.45, 2.75) is 0 Å². The Bertz CT molecular complexity index is 537. The van der Waals surface area contributed by atoms with Crippen LogP contribution in [-0.2, 0) is 0 Å². The topological polar surface area (TPSA) is 61.7 Å². The Morgan fingerprint density at radius 1 is 1.53 bits per heavy atom. The number of hydrogen-bond acceptors (Lipinski definition) is 3. The molecule has 0 aliphatic carbocycles. The first kappa shape index (κ1) is 9.71. The van der Waals surface area contributed by atoms with Crippen LogP contribution in [0.4, 0.5) is 0 Å². The van der Waals surface area contributed by atoms with Crippen LogP contribution in [0.2, 0.25) is 0 Å². The van der Waals surface area contributed by atoms with Gasteiger partial charge in [-0.05, 0) is 23.2 Å². The summed E-state index contributed by atoms with van der Waals surface area (Å²) >= 11 is 1.62. The molecule has 0 fully saturated rings. The Morgan fingerprint density at radius 3 is 3.33 bits per heavy atom. The monoisotopic (exact) mass is 216 g/mol. The fraction of sp³-hybridized carbons (Fsp3) is 0.100. The van der Waals surface area contributed by atoms with E-state index in [1.165, 1.54) is 4.70 Å². The molecular formula is C10H8N4S. The molecule has 0 N–H and O–H groups in total. The van der Waals surface area contributed by atoms with E-state index in [1.807, 2.05) is 29.8 Å². The first-order valence-corrected chi connectivity index (χ1v) is 5.29. The lowest BCUT2D eigenvalue weighted by Crippen LogP contribution is -1.73. The highest BCUT2D eigenvalue weighted by atomic mass is 32.1. The molecule has 15 heavy (non-hydrogen) atoms. The summed E-state index contributed by atoms with van der Waals surface area (Å²) in [5, 5.41) is 3.42. The first-order valence-electron chi connectivity index (χ1n) is 4.41. The van der Waals surface area contributed by atoms with Gasteiger partial charge in [-0.2, -0.15) is 0 Å². The van der Waals surface area contributed by atoms with E-state index in [9.17, 15) is 0 Å². The van der Waals surface area contributed by atoms with Crippen LogP contribution in [0.1, 0.15) is 5.56 Å². The molecule has 1 aromatic heterocycles. The standard InChI is InChI=1S/C10H8N4S/c11-14-13-5-1-2-8-3-4-9-10(6-8)15-7-12-9/h1-4,6-7H,5H2. The number of nitrogens with zero attached hydrogens (tertiary/aromatic N) is 4. The average molecular weight is 216 g/mol. The molecule has 0 radical (unpaired) electrons. The largest absolute Gasteiger partial charge is 0.245 e. The molecule has 5 heteroatoms. The van der Waals surface area contributed by atoms with E-state index in [-0.39, 0.29) is 0 Å². The van der Waals surface area contributed by atoms with Gasteiger partial charge in [-0.1, -0.05) is 23.3 Å². The summed E-state index contributed by atoms with van der Waals surface area (Å²) in [7, 11) is 0. The van der Waals surface area contributed by atoms with Crippen molar-refractivity contribution in [3.63, 3.8) is 0 Å². The second-order valence-electron chi connectivity index (χ2n) is 2.90. The predicted molar refractivity (Wildman–Crippen MR) is 62.7 cm³/mol. The third-order valence-electron chi connectivity index (χ3n) is 1.92. The van der Waals surface area contributed by atoms with Gasteiger partial charge in [0.2, 0.25) is 0 Å². The third-order valence-corrected chi connectivity index (χ3v) is 2.71. The van der Waals surface area contributed by atoms with E-state index < -0.39 is 0 Å². The summed E-state index contributed by atoms with van der Waals surface area (Å²) < 4.78 is 1.17. The van der Waals surface area contributed by atoms with Gasteiger partial charge in [-0.15, -0.1) is 11.3 Å². The molecule has 0 saturated carbocycles. The van der Waals surface area contributed by atoms with Crippen molar-refractivity contribution in [2.24, 2.45) is 5.11 Å². The SMILES string of the molecule is [N-]=[N+]=NCC=Cc1ccc2ncsc2c1. The molecule has 1 heterocycles. The minimum Gasteiger partial charge on any atom is -0.245 e. The van der Waals surface area contributed by atoms with Crippen molar-refractivity contribution in [1.29, 1.82) is 0 Å². The minimum atomic E-state index is 0.386. The Labute approximate surface area is 90.5 Å². The molecule has 0 amide bonds. The molecule has 4 nitrogen and oxygen atoms in total. The van der Waals surface area contributed by atoms with Gasteiger partial charge in [-0.25, -0.2) is 4.98 Å². The van der Waals surface area contributed by atoms with Gasteiger partial charge < -0.3 is 0 Å². The highest BCUT2D eigenvalue weighted by Gasteiger charge is 1.95. The van der Waals surface area contributed by atoms with Crippen molar-refractivity contribution in [2.75, 3.05) is 6.54 Å². The fourth-order valence-corrected chi connectivity index (χ4v) is 1.97. The van der Waals surface area contributed by atoms with Crippen LogP contribution in [0.3, 0.4) is 0 Å². The highest BCUT2D eigenvalue weighted by Crippen LogP contribution is 2.19. The van der Waals surface area contributed by atoms with E-state index in [0.717, 1.165) is 11.1 Å². The predicted octanol–water partition coefficient (Wildman–Crippen LogP) is 3.62. The number of rotatable bonds is 3. The number of aromatic nitrogens is 1. The van der Waals surface area contributed by atoms with Crippen molar-refractivity contribution in [1.82, 2.24) is 4.98 Å². The number of fused-ring (bicyclic) bond motifs is 1. The normalized spacial score (nSPS) is 10.7. The second-order valence-corrected chi connectivity index (χ2v) is 3.78. The van der Waals surface area contributed by atoms with Gasteiger partial charge >= 0.3 is 0 Å². The van der Waals surface area contributed by atoms with Crippen molar-refractivity contribution in [3.05, 3.63) is 45.8 Å². The highest BCUT2D eigenvalue weighted by molar-refractivity contribution is 7.16. The molecule has 74 valence electrons. The molecular weight excluding hydrogens is 208 g/mol. The van der Waals surface area contributed by atoms with Gasteiger partial charge in [0.1, 0.15) is 0 Å². The summed E-state index contributed by atoms with van der Waals surface area (Å²) in [5.74, 6) is 0. The molecule has 1 aromatic carbocycles. The van der Waals surface area contributed by atoms with E-state index in [0.29, 0.717) is 6.54 Å². The van der Waals surface area contributed by atoms with Crippen LogP contribution < -0.4 is 0 Å². The van der Waals surface area contributed by atoms with Crippen molar-refractivity contribution in [3.8, 4) is 0 Å². The molecule has 0 unspecified atom stereocenters. The summed E-state index contributed by atoms with van der Waals surface area (Å²) in [6.45, 7) is 0.386. The molecule has 0 atom stereocenters. The smallest absolute Gasteiger partial charge is 0.0812 e. The lowest BCUT2D eigenvalue weighted by atomic mass is 10.2. The Hall–Kier alpha value is -1.84. The van der Waals surface area contributed by atoms with Crippen molar-refractivity contribution >= 4 is 27.6 Å². The molecule has 0 saturated heterocycles. The number of azide groups is 1. The molecule has 0 bridgehead atoms. The zero-order chi connectivity index (χ0) is 10.5. The van der Waals surface area contributed by atoms with Gasteiger partial charge in [0.15, 0.2) is 0 Å². The van der Waals surface area contributed by atoms with Gasteiger partial charge in [0.25, 0.3) is 0 Å². The van der Waals surface area contributed by atoms with E-state index in [2.05, 4.69) is 21.1 Å². The van der Waals surface area contributed by atoms with Crippen LogP contribution in [0.15, 0.2) is 34.9 Å². The maximum absolute atomic E-state index is 8.09. The van der Waals surface area contributed by atoms with Gasteiger partial charge in [-0.3, -0.25) is 0 Å². The molecule has 2 aromatic rings. The third kappa shape index (κ3) is 2.34. The Kier molecular flexibility index (Phi) is 2.97. The van der Waals surface area contributed by atoms with Crippen LogP contribution in [0.5, 0.6) is 0 Å². The van der Waals surface area contributed by atoms with Crippen molar-refractivity contribution < 1.29 is 0 Å². The lowest BCUT2D eigenvalue weighted by Gasteiger charge is -1.92. The van der Waals surface area contributed by atoms with Gasteiger partial charge in [0, 0.05) is 11.5 Å². The Morgan fingerprint density at radius 2 is 2.47 bits per heavy atom. The zero-order valence-corrected chi connectivity index (χ0v) is 8.68. The summed E-state index contributed by atoms with van der Waals surface area (Å²) in [6.07, 6.45) is 3.77. The minimum absolute atomic E-state index is 0.386. The number of thiazole rings is 1. The quantitative estimate of drug-likeness (QED) is 0.439. The Balaban J connectivity index is 2.20. The maximum Gasteiger partial charge on any atom is 0.0812 e. The van der Waals surface area contributed by atoms with Crippen LogP contribution in [0, 0.1) is 0 Å². The fourth-order valence-electron chi connectivity index (χ4n) is 1.25. The maximum atomic E-state index is 8.09. The molecule has 0 aliphatic heterocycles. The molecule has 0 aliphatic rings. The molecule has 0 spiro atoms. The van der Waals surface area contributed by atoms with E-state index in [1.54, 1.807) is 11.3 Å². The summed E-state index contributed by atoms with van der Waals surface area (Å²) in [6, 6.07) is 6.05. The van der Waals surface area contributed by atoms with Gasteiger partial charge in [0.05, 0.1) is 15.7 Å². The second kappa shape index (κ2) is 4.59. The first-order chi connectivity index (χ1) is 7.40. The van der Waals surface area contributed by atoms with Crippen LogP contribution in [0.25, 0.3) is 26.7 Å². The average Bonchev–Trinajstić information content (AvgIpc) is 2.71. The molecule has 2 rings (SSSR count). The summed E-state index contributed by atoms with van der Waals surface area (Å²) in [4.78, 5) is 6.87. The zero-order valence-electron chi connectivity index (χ0n) is 7.87. The van der Waals surface area contributed by atoms with Crippen LogP contribution >= 0.6 is 11.3 Å². The lowest BCUT2D eigenvalue weighted by molar-refractivity contribution is 1.22. The number of benzene rings is 1.